The summed E-state index contributed by atoms with van der Waals surface area (Å²) in [5, 5.41) is 10.3. The molecule has 6 aromatic rings. The Labute approximate surface area is 410 Å². The monoisotopic (exact) mass is 1010 g/mol. The van der Waals surface area contributed by atoms with Gasteiger partial charge in [0.1, 0.15) is 41.2 Å². The van der Waals surface area contributed by atoms with Crippen molar-refractivity contribution in [2.75, 3.05) is 51.9 Å². The zero-order chi connectivity index (χ0) is 51.7. The second-order valence-corrected chi connectivity index (χ2v) is 17.3. The minimum atomic E-state index is -4.64. The van der Waals surface area contributed by atoms with Crippen LogP contribution in [0.5, 0.6) is 11.8 Å². The van der Waals surface area contributed by atoms with Crippen LogP contribution < -0.4 is 20.9 Å². The third kappa shape index (κ3) is 12.6. The van der Waals surface area contributed by atoms with E-state index in [0.29, 0.717) is 70.9 Å². The summed E-state index contributed by atoms with van der Waals surface area (Å²) in [5.74, 6) is 0.955. The SMILES string of the molecule is C=CC(=O)N1CC[C@@H](n2c(OC)c(-c3ccc(Cl)cc3)c3c(N)ncnc32)C1.C=CC(=O)O.COc1c(-c2ccc(Cl)cc2)c2c(N)ncnc2n1[C@@H]1CCN(C(=O)OC(C)(C)C)C1.O=CC(F)(F)F. The van der Waals surface area contributed by atoms with Gasteiger partial charge in [0, 0.05) is 42.3 Å². The van der Waals surface area contributed by atoms with Crippen LogP contribution in [0.3, 0.4) is 0 Å². The molecule has 23 heteroatoms. The number of likely N-dealkylation sites (tertiary alicyclic amines) is 2. The lowest BCUT2D eigenvalue weighted by atomic mass is 10.1. The van der Waals surface area contributed by atoms with E-state index in [2.05, 4.69) is 33.1 Å². The molecule has 4 aromatic heterocycles. The number of hydrogen-bond acceptors (Lipinski definition) is 13. The van der Waals surface area contributed by atoms with Crippen molar-refractivity contribution in [3.8, 4) is 34.0 Å². The summed E-state index contributed by atoms with van der Waals surface area (Å²) in [6.45, 7) is 14.4. The van der Waals surface area contributed by atoms with Crippen molar-refractivity contribution in [2.24, 2.45) is 0 Å². The van der Waals surface area contributed by atoms with E-state index in [1.807, 2.05) is 78.4 Å². The number of carboxylic acids is 1. The van der Waals surface area contributed by atoms with Crippen molar-refractivity contribution in [3.63, 3.8) is 0 Å². The molecule has 6 heterocycles. The normalized spacial score (nSPS) is 15.4. The molecule has 2 fully saturated rings. The fourth-order valence-electron chi connectivity index (χ4n) is 7.84. The van der Waals surface area contributed by atoms with Gasteiger partial charge in [0.05, 0.1) is 48.2 Å². The summed E-state index contributed by atoms with van der Waals surface area (Å²) in [6, 6.07) is 14.9. The van der Waals surface area contributed by atoms with Crippen LogP contribution in [0.15, 0.2) is 86.5 Å². The average Bonchev–Trinajstić information content (AvgIpc) is 4.13. The van der Waals surface area contributed by atoms with Gasteiger partial charge < -0.3 is 40.6 Å². The molecular formula is C47H51Cl2F3N10O8. The number of nitrogens with zero attached hydrogens (tertiary/aromatic N) is 8. The lowest BCUT2D eigenvalue weighted by Crippen LogP contribution is -2.35. The molecular weight excluding hydrogens is 960 g/mol. The quantitative estimate of drug-likeness (QED) is 0.0955. The van der Waals surface area contributed by atoms with E-state index in [0.717, 1.165) is 51.9 Å². The Hall–Kier alpha value is -7.39. The fraction of sp³-hybridized carbons (Fsp3) is 0.319. The van der Waals surface area contributed by atoms with Crippen LogP contribution in [-0.2, 0) is 19.1 Å². The van der Waals surface area contributed by atoms with Gasteiger partial charge in [-0.15, -0.1) is 0 Å². The number of carbonyl (C=O) groups is 4. The van der Waals surface area contributed by atoms with Gasteiger partial charge in [-0.25, -0.2) is 29.5 Å². The number of benzene rings is 2. The number of amides is 2. The summed E-state index contributed by atoms with van der Waals surface area (Å²) >= 11 is 12.1. The van der Waals surface area contributed by atoms with Gasteiger partial charge in [0.2, 0.25) is 24.0 Å². The van der Waals surface area contributed by atoms with Crippen molar-refractivity contribution < 1.29 is 51.7 Å². The largest absolute Gasteiger partial charge is 0.482 e. The number of anilines is 2. The molecule has 2 amide bonds. The molecule has 372 valence electrons. The van der Waals surface area contributed by atoms with Gasteiger partial charge in [-0.3, -0.25) is 18.7 Å². The topological polar surface area (TPSA) is 236 Å². The van der Waals surface area contributed by atoms with Crippen LogP contribution in [0.2, 0.25) is 10.0 Å². The summed E-state index contributed by atoms with van der Waals surface area (Å²) in [4.78, 5) is 63.4. The summed E-state index contributed by atoms with van der Waals surface area (Å²) in [5.41, 5.74) is 16.8. The van der Waals surface area contributed by atoms with Gasteiger partial charge in [0.25, 0.3) is 0 Å². The zero-order valence-corrected chi connectivity index (χ0v) is 40.3. The van der Waals surface area contributed by atoms with Crippen molar-refractivity contribution in [3.05, 3.63) is 96.5 Å². The molecule has 0 spiro atoms. The van der Waals surface area contributed by atoms with Gasteiger partial charge in [-0.05, 0) is 75.1 Å². The molecule has 0 radical (unpaired) electrons. The van der Waals surface area contributed by atoms with Crippen molar-refractivity contribution in [1.29, 1.82) is 0 Å². The number of halogens is 5. The first-order valence-electron chi connectivity index (χ1n) is 21.2. The number of hydrogen-bond donors (Lipinski definition) is 3. The lowest BCUT2D eigenvalue weighted by Gasteiger charge is -2.24. The van der Waals surface area contributed by atoms with Crippen LogP contribution in [0.4, 0.5) is 29.6 Å². The first-order valence-corrected chi connectivity index (χ1v) is 22.0. The second-order valence-electron chi connectivity index (χ2n) is 16.4. The van der Waals surface area contributed by atoms with E-state index in [-0.39, 0.29) is 24.1 Å². The van der Waals surface area contributed by atoms with E-state index >= 15 is 0 Å². The van der Waals surface area contributed by atoms with Crippen molar-refractivity contribution in [2.45, 2.75) is 57.5 Å². The number of aldehydes is 1. The Balaban J connectivity index is 0.000000216. The number of nitrogen functional groups attached to an aromatic ring is 2. The predicted molar refractivity (Wildman–Crippen MR) is 260 cm³/mol. The number of fused-ring (bicyclic) bond motifs is 2. The number of methoxy groups -OCH3 is 2. The minimum Gasteiger partial charge on any atom is -0.482 e. The van der Waals surface area contributed by atoms with Crippen LogP contribution in [-0.4, -0.2) is 120 Å². The Morgan fingerprint density at radius 1 is 0.729 bits per heavy atom. The maximum absolute atomic E-state index is 12.6. The number of carboxylic acid groups (broad SMARTS) is 1. The molecule has 0 aliphatic carbocycles. The Morgan fingerprint density at radius 2 is 1.11 bits per heavy atom. The molecule has 18 nitrogen and oxygen atoms in total. The van der Waals surface area contributed by atoms with E-state index in [9.17, 15) is 27.6 Å². The molecule has 2 aliphatic rings. The number of carbonyl (C=O) groups excluding carboxylic acids is 3. The second kappa shape index (κ2) is 22.8. The number of rotatable bonds is 8. The number of nitrogens with two attached hydrogens (primary N) is 2. The Kier molecular flexibility index (Phi) is 17.5. The van der Waals surface area contributed by atoms with Gasteiger partial charge in [0.15, 0.2) is 0 Å². The van der Waals surface area contributed by atoms with Crippen LogP contribution in [0.25, 0.3) is 44.3 Å². The summed E-state index contributed by atoms with van der Waals surface area (Å²) in [6.07, 6.45) is 0.561. The molecule has 0 bridgehead atoms. The smallest absolute Gasteiger partial charge is 0.446 e. The molecule has 2 saturated heterocycles. The molecule has 0 unspecified atom stereocenters. The third-order valence-electron chi connectivity index (χ3n) is 10.7. The highest BCUT2D eigenvalue weighted by Crippen LogP contribution is 2.46. The predicted octanol–water partition coefficient (Wildman–Crippen LogP) is 8.83. The van der Waals surface area contributed by atoms with E-state index in [1.165, 1.54) is 18.7 Å². The highest BCUT2D eigenvalue weighted by atomic mass is 35.5. The van der Waals surface area contributed by atoms with Gasteiger partial charge in [-0.1, -0.05) is 60.6 Å². The molecule has 5 N–H and O–H groups in total. The minimum absolute atomic E-state index is 0.0108. The highest BCUT2D eigenvalue weighted by Gasteiger charge is 2.36. The summed E-state index contributed by atoms with van der Waals surface area (Å²) in [7, 11) is 3.24. The first kappa shape index (κ1) is 53.6. The standard InChI is InChI=1S/C22H26ClN5O3.C20H20ClN5O2.C3H4O2.C2HF3O/c1-22(2,3)31-21(29)27-10-9-15(11-27)28-19-17(18(24)25-12-26-19)16(20(28)30-4)13-5-7-14(23)8-6-13;1-3-15(27)25-9-8-14(10-25)26-19-17(18(22)23-11-24-19)16(20(26)28-2)12-4-6-13(21)7-5-12;1-2-3(4)5;3-2(4,5)1-6/h5-8,12,15H,9-11H2,1-4H3,(H2,24,25,26);3-7,11,14H,1,8-10H2,2H3,(H2,22,23,24);2H,1H2,(H,4,5);1H/t15-;14-;;/m11../s1. The third-order valence-corrected chi connectivity index (χ3v) is 11.2. The number of aliphatic carboxylic acids is 1. The lowest BCUT2D eigenvalue weighted by molar-refractivity contribution is -0.156. The van der Waals surface area contributed by atoms with Gasteiger partial charge in [-0.2, -0.15) is 13.2 Å². The van der Waals surface area contributed by atoms with E-state index < -0.39 is 24.0 Å². The molecule has 70 heavy (non-hydrogen) atoms. The zero-order valence-electron chi connectivity index (χ0n) is 38.7. The molecule has 2 atom stereocenters. The Bertz CT molecular complexity index is 2870. The van der Waals surface area contributed by atoms with Crippen LogP contribution >= 0.6 is 23.2 Å². The van der Waals surface area contributed by atoms with Gasteiger partial charge >= 0.3 is 18.2 Å². The van der Waals surface area contributed by atoms with Crippen LogP contribution in [0, 0.1) is 0 Å². The highest BCUT2D eigenvalue weighted by molar-refractivity contribution is 6.31. The maximum Gasteiger partial charge on any atom is 0.446 e. The van der Waals surface area contributed by atoms with Crippen molar-refractivity contribution >= 4 is 81.2 Å². The number of ether oxygens (including phenoxy) is 3. The molecule has 2 aromatic carbocycles. The average molecular weight is 1010 g/mol. The first-order chi connectivity index (χ1) is 33.1. The molecule has 8 rings (SSSR count). The van der Waals surface area contributed by atoms with Crippen molar-refractivity contribution in [1.82, 2.24) is 38.9 Å². The number of alkyl halides is 3. The Morgan fingerprint density at radius 3 is 1.46 bits per heavy atom. The maximum atomic E-state index is 12.6. The molecule has 0 saturated carbocycles. The summed E-state index contributed by atoms with van der Waals surface area (Å²) < 4.78 is 52.5. The van der Waals surface area contributed by atoms with E-state index in [4.69, 9.17) is 58.8 Å². The molecule has 2 aliphatic heterocycles. The number of aromatic nitrogens is 6. The van der Waals surface area contributed by atoms with Crippen LogP contribution in [0.1, 0.15) is 45.7 Å². The van der Waals surface area contributed by atoms with E-state index in [1.54, 1.807) is 24.0 Å². The fourth-order valence-corrected chi connectivity index (χ4v) is 8.10.